The van der Waals surface area contributed by atoms with Crippen LogP contribution < -0.4 is 5.73 Å². The summed E-state index contributed by atoms with van der Waals surface area (Å²) in [7, 11) is 0. The fraction of sp³-hybridized carbons (Fsp3) is 0.455. The monoisotopic (exact) mass is 215 g/mol. The van der Waals surface area contributed by atoms with Gasteiger partial charge in [0.05, 0.1) is 12.1 Å². The highest BCUT2D eigenvalue weighted by atomic mass is 35.5. The Morgan fingerprint density at radius 2 is 1.64 bits per heavy atom. The first-order valence-electron chi connectivity index (χ1n) is 4.61. The van der Waals surface area contributed by atoms with E-state index in [4.69, 9.17) is 5.73 Å². The van der Waals surface area contributed by atoms with Gasteiger partial charge in [0.2, 0.25) is 0 Å². The molecule has 0 aliphatic heterocycles. The Balaban J connectivity index is 0.00000169. The number of rotatable bonds is 3. The van der Waals surface area contributed by atoms with Gasteiger partial charge in [0.1, 0.15) is 0 Å². The van der Waals surface area contributed by atoms with Crippen molar-refractivity contribution in [2.24, 2.45) is 11.7 Å². The van der Waals surface area contributed by atoms with E-state index in [-0.39, 0.29) is 24.4 Å². The molecule has 0 aromatic heterocycles. The Bertz CT molecular complexity index is 251. The molecule has 1 aromatic carbocycles. The van der Waals surface area contributed by atoms with Gasteiger partial charge in [0, 0.05) is 0 Å². The van der Waals surface area contributed by atoms with Crippen molar-refractivity contribution in [1.29, 1.82) is 0 Å². The van der Waals surface area contributed by atoms with E-state index in [1.54, 1.807) is 0 Å². The summed E-state index contributed by atoms with van der Waals surface area (Å²) in [5.41, 5.74) is 6.88. The number of hydrogen-bond donors (Lipinski definition) is 2. The lowest BCUT2D eigenvalue weighted by Crippen LogP contribution is -2.30. The van der Waals surface area contributed by atoms with Gasteiger partial charge >= 0.3 is 0 Å². The summed E-state index contributed by atoms with van der Waals surface area (Å²) in [4.78, 5) is 0. The van der Waals surface area contributed by atoms with Gasteiger partial charge in [0.15, 0.2) is 0 Å². The van der Waals surface area contributed by atoms with Crippen molar-refractivity contribution < 1.29 is 5.11 Å². The number of aliphatic hydroxyl groups is 1. The molecular weight excluding hydrogens is 198 g/mol. The zero-order chi connectivity index (χ0) is 9.84. The zero-order valence-corrected chi connectivity index (χ0v) is 9.37. The highest BCUT2D eigenvalue weighted by Gasteiger charge is 2.19. The Morgan fingerprint density at radius 1 is 1.14 bits per heavy atom. The average Bonchev–Trinajstić information content (AvgIpc) is 2.17. The maximum absolute atomic E-state index is 9.72. The first-order valence-corrected chi connectivity index (χ1v) is 4.61. The quantitative estimate of drug-likeness (QED) is 0.812. The van der Waals surface area contributed by atoms with Crippen LogP contribution in [0.1, 0.15) is 25.5 Å². The molecule has 0 unspecified atom stereocenters. The van der Waals surface area contributed by atoms with Crippen molar-refractivity contribution >= 4 is 12.4 Å². The third-order valence-corrected chi connectivity index (χ3v) is 2.24. The number of aliphatic hydroxyl groups excluding tert-OH is 1. The van der Waals surface area contributed by atoms with Crippen LogP contribution in [0, 0.1) is 5.92 Å². The SMILES string of the molecule is CC(C)[C@H](O)[C@H](N)c1ccccc1.Cl. The maximum atomic E-state index is 9.72. The standard InChI is InChI=1S/C11H17NO.ClH/c1-8(2)11(13)10(12)9-6-4-3-5-7-9;/h3-8,10-11,13H,12H2,1-2H3;1H/t10-,11+;/m1./s1. The van der Waals surface area contributed by atoms with Crippen LogP contribution in [-0.4, -0.2) is 11.2 Å². The van der Waals surface area contributed by atoms with E-state index >= 15 is 0 Å². The predicted molar refractivity (Wildman–Crippen MR) is 61.5 cm³/mol. The molecule has 14 heavy (non-hydrogen) atoms. The highest BCUT2D eigenvalue weighted by molar-refractivity contribution is 5.85. The maximum Gasteiger partial charge on any atom is 0.0755 e. The van der Waals surface area contributed by atoms with E-state index < -0.39 is 6.10 Å². The summed E-state index contributed by atoms with van der Waals surface area (Å²) in [6.45, 7) is 3.93. The minimum absolute atomic E-state index is 0. The molecule has 0 saturated carbocycles. The van der Waals surface area contributed by atoms with Gasteiger partial charge in [0.25, 0.3) is 0 Å². The van der Waals surface area contributed by atoms with Crippen molar-refractivity contribution in [2.45, 2.75) is 26.0 Å². The van der Waals surface area contributed by atoms with Crippen molar-refractivity contribution in [3.63, 3.8) is 0 Å². The van der Waals surface area contributed by atoms with Crippen molar-refractivity contribution in [1.82, 2.24) is 0 Å². The summed E-state index contributed by atoms with van der Waals surface area (Å²) >= 11 is 0. The van der Waals surface area contributed by atoms with E-state index in [0.717, 1.165) is 5.56 Å². The first-order chi connectivity index (χ1) is 6.13. The summed E-state index contributed by atoms with van der Waals surface area (Å²) in [6, 6.07) is 9.41. The molecule has 1 rings (SSSR count). The normalized spacial score (nSPS) is 14.6. The molecule has 2 nitrogen and oxygen atoms in total. The molecule has 2 atom stereocenters. The molecule has 3 heteroatoms. The van der Waals surface area contributed by atoms with Crippen LogP contribution in [0.15, 0.2) is 30.3 Å². The van der Waals surface area contributed by atoms with Gasteiger partial charge in [-0.15, -0.1) is 12.4 Å². The van der Waals surface area contributed by atoms with Crippen LogP contribution in [-0.2, 0) is 0 Å². The van der Waals surface area contributed by atoms with Gasteiger partial charge in [-0.3, -0.25) is 0 Å². The third-order valence-electron chi connectivity index (χ3n) is 2.24. The predicted octanol–water partition coefficient (Wildman–Crippen LogP) is 2.13. The first kappa shape index (κ1) is 13.4. The van der Waals surface area contributed by atoms with E-state index in [2.05, 4.69) is 0 Å². The van der Waals surface area contributed by atoms with Crippen LogP contribution >= 0.6 is 12.4 Å². The summed E-state index contributed by atoms with van der Waals surface area (Å²) < 4.78 is 0. The Hall–Kier alpha value is -0.570. The van der Waals surface area contributed by atoms with Gasteiger partial charge in [-0.25, -0.2) is 0 Å². The Morgan fingerprint density at radius 3 is 2.07 bits per heavy atom. The van der Waals surface area contributed by atoms with Crippen molar-refractivity contribution in [3.8, 4) is 0 Å². The zero-order valence-electron chi connectivity index (χ0n) is 8.55. The molecule has 0 saturated heterocycles. The molecule has 0 heterocycles. The van der Waals surface area contributed by atoms with Crippen LogP contribution in [0.3, 0.4) is 0 Å². The molecule has 0 radical (unpaired) electrons. The van der Waals surface area contributed by atoms with E-state index in [0.29, 0.717) is 0 Å². The van der Waals surface area contributed by atoms with Gasteiger partial charge < -0.3 is 10.8 Å². The molecule has 0 aliphatic carbocycles. The van der Waals surface area contributed by atoms with Crippen LogP contribution in [0.5, 0.6) is 0 Å². The second-order valence-electron chi connectivity index (χ2n) is 3.67. The lowest BCUT2D eigenvalue weighted by atomic mass is 9.95. The van der Waals surface area contributed by atoms with E-state index in [1.807, 2.05) is 44.2 Å². The van der Waals surface area contributed by atoms with Gasteiger partial charge in [-0.1, -0.05) is 44.2 Å². The molecule has 0 aliphatic rings. The highest BCUT2D eigenvalue weighted by Crippen LogP contribution is 2.18. The second-order valence-corrected chi connectivity index (χ2v) is 3.67. The number of nitrogens with two attached hydrogens (primary N) is 1. The fourth-order valence-electron chi connectivity index (χ4n) is 1.29. The second kappa shape index (κ2) is 6.02. The van der Waals surface area contributed by atoms with Crippen LogP contribution in [0.25, 0.3) is 0 Å². The van der Waals surface area contributed by atoms with Crippen LogP contribution in [0.2, 0.25) is 0 Å². The van der Waals surface area contributed by atoms with Gasteiger partial charge in [-0.05, 0) is 11.5 Å². The number of hydrogen-bond acceptors (Lipinski definition) is 2. The molecule has 0 fully saturated rings. The third kappa shape index (κ3) is 3.29. The van der Waals surface area contributed by atoms with Crippen molar-refractivity contribution in [2.75, 3.05) is 0 Å². The number of benzene rings is 1. The van der Waals surface area contributed by atoms with Crippen molar-refractivity contribution in [3.05, 3.63) is 35.9 Å². The van der Waals surface area contributed by atoms with E-state index in [1.165, 1.54) is 0 Å². The van der Waals surface area contributed by atoms with Gasteiger partial charge in [-0.2, -0.15) is 0 Å². The molecule has 0 amide bonds. The average molecular weight is 216 g/mol. The molecule has 3 N–H and O–H groups in total. The molecule has 0 spiro atoms. The minimum Gasteiger partial charge on any atom is -0.391 e. The molecule has 1 aromatic rings. The lowest BCUT2D eigenvalue weighted by Gasteiger charge is -2.22. The Kier molecular flexibility index (Phi) is 5.77. The summed E-state index contributed by atoms with van der Waals surface area (Å²) in [5.74, 6) is 0.190. The molecular formula is C11H18ClNO. The van der Waals surface area contributed by atoms with E-state index in [9.17, 15) is 5.11 Å². The molecule has 80 valence electrons. The van der Waals surface area contributed by atoms with Crippen LogP contribution in [0.4, 0.5) is 0 Å². The largest absolute Gasteiger partial charge is 0.391 e. The topological polar surface area (TPSA) is 46.2 Å². The molecule has 0 bridgehead atoms. The summed E-state index contributed by atoms with van der Waals surface area (Å²) in [5, 5.41) is 9.72. The Labute approximate surface area is 91.5 Å². The minimum atomic E-state index is -0.470. The number of halogens is 1. The fourth-order valence-corrected chi connectivity index (χ4v) is 1.29. The smallest absolute Gasteiger partial charge is 0.0755 e. The lowest BCUT2D eigenvalue weighted by molar-refractivity contribution is 0.0979. The summed E-state index contributed by atoms with van der Waals surface area (Å²) in [6.07, 6.45) is -0.470.